The minimum absolute atomic E-state index is 0.249. The number of nitrogens with zero attached hydrogens (tertiary/aromatic N) is 1. The van der Waals surface area contributed by atoms with Crippen LogP contribution in [0.1, 0.15) is 21.5 Å². The van der Waals surface area contributed by atoms with Crippen LogP contribution in [0, 0.1) is 0 Å². The first-order valence-electron chi connectivity index (χ1n) is 10.1. The summed E-state index contributed by atoms with van der Waals surface area (Å²) in [5.41, 5.74) is 8.10. The summed E-state index contributed by atoms with van der Waals surface area (Å²) in [6, 6.07) is 37.4. The third-order valence-corrected chi connectivity index (χ3v) is 4.83. The summed E-state index contributed by atoms with van der Waals surface area (Å²) < 4.78 is 0. The van der Waals surface area contributed by atoms with Gasteiger partial charge in [-0.2, -0.15) is 5.10 Å². The van der Waals surface area contributed by atoms with Crippen molar-refractivity contribution in [3.63, 3.8) is 0 Å². The molecule has 0 saturated heterocycles. The molecule has 0 saturated carbocycles. The lowest BCUT2D eigenvalue weighted by molar-refractivity contribution is 0.0955. The normalized spacial score (nSPS) is 11.4. The molecule has 1 N–H and O–H groups in total. The molecule has 3 nitrogen and oxygen atoms in total. The molecule has 4 aromatic carbocycles. The summed E-state index contributed by atoms with van der Waals surface area (Å²) in [6.07, 6.45) is 3.89. The van der Waals surface area contributed by atoms with Crippen molar-refractivity contribution < 1.29 is 4.79 Å². The van der Waals surface area contributed by atoms with Gasteiger partial charge in [0, 0.05) is 11.1 Å². The molecule has 0 heterocycles. The van der Waals surface area contributed by atoms with Crippen LogP contribution in [-0.2, 0) is 0 Å². The molecule has 0 aliphatic carbocycles. The SMILES string of the molecule is O=C(NN=C(/C=C/c1ccccc1)c1ccccc1)c1ccc(-c2ccccc2)cc1. The first kappa shape index (κ1) is 20.0. The maximum absolute atomic E-state index is 12.7. The maximum atomic E-state index is 12.7. The average molecular weight is 402 g/mol. The molecule has 4 rings (SSSR count). The highest BCUT2D eigenvalue weighted by Gasteiger charge is 2.06. The first-order chi connectivity index (χ1) is 15.3. The zero-order valence-electron chi connectivity index (χ0n) is 17.0. The van der Waals surface area contributed by atoms with Gasteiger partial charge in [-0.15, -0.1) is 0 Å². The van der Waals surface area contributed by atoms with Gasteiger partial charge in [0.1, 0.15) is 0 Å². The van der Waals surface area contributed by atoms with Gasteiger partial charge in [0.2, 0.25) is 0 Å². The van der Waals surface area contributed by atoms with E-state index in [1.54, 1.807) is 0 Å². The van der Waals surface area contributed by atoms with Crippen molar-refractivity contribution in [1.82, 2.24) is 5.43 Å². The smallest absolute Gasteiger partial charge is 0.267 e. The van der Waals surface area contributed by atoms with E-state index < -0.39 is 0 Å². The van der Waals surface area contributed by atoms with E-state index in [2.05, 4.69) is 10.5 Å². The third kappa shape index (κ3) is 5.43. The Hall–Kier alpha value is -4.24. The maximum Gasteiger partial charge on any atom is 0.271 e. The zero-order chi connectivity index (χ0) is 21.3. The lowest BCUT2D eigenvalue weighted by atomic mass is 10.0. The summed E-state index contributed by atoms with van der Waals surface area (Å²) in [6.45, 7) is 0. The molecule has 0 radical (unpaired) electrons. The lowest BCUT2D eigenvalue weighted by Gasteiger charge is -2.06. The molecule has 31 heavy (non-hydrogen) atoms. The van der Waals surface area contributed by atoms with Gasteiger partial charge in [-0.25, -0.2) is 5.43 Å². The Balaban J connectivity index is 1.53. The molecule has 0 atom stereocenters. The van der Waals surface area contributed by atoms with Crippen molar-refractivity contribution >= 4 is 17.7 Å². The Morgan fingerprint density at radius 1 is 0.613 bits per heavy atom. The summed E-state index contributed by atoms with van der Waals surface area (Å²) in [5, 5.41) is 4.40. The van der Waals surface area contributed by atoms with Gasteiger partial charge in [0.25, 0.3) is 5.91 Å². The van der Waals surface area contributed by atoms with Crippen molar-refractivity contribution in [2.75, 3.05) is 0 Å². The molecule has 0 unspecified atom stereocenters. The van der Waals surface area contributed by atoms with Gasteiger partial charge in [0.15, 0.2) is 0 Å². The second-order valence-corrected chi connectivity index (χ2v) is 6.99. The van der Waals surface area contributed by atoms with Crippen LogP contribution in [0.4, 0.5) is 0 Å². The van der Waals surface area contributed by atoms with Crippen LogP contribution >= 0.6 is 0 Å². The highest BCUT2D eigenvalue weighted by Crippen LogP contribution is 2.19. The Morgan fingerprint density at radius 2 is 1.16 bits per heavy atom. The molecule has 4 aromatic rings. The fraction of sp³-hybridized carbons (Fsp3) is 0. The van der Waals surface area contributed by atoms with E-state index >= 15 is 0 Å². The quantitative estimate of drug-likeness (QED) is 0.303. The van der Waals surface area contributed by atoms with Gasteiger partial charge >= 0.3 is 0 Å². The second-order valence-electron chi connectivity index (χ2n) is 6.99. The molecule has 3 heteroatoms. The number of hydrogen-bond donors (Lipinski definition) is 1. The van der Waals surface area contributed by atoms with Crippen molar-refractivity contribution in [1.29, 1.82) is 0 Å². The van der Waals surface area contributed by atoms with E-state index in [1.807, 2.05) is 127 Å². The van der Waals surface area contributed by atoms with E-state index in [9.17, 15) is 4.79 Å². The van der Waals surface area contributed by atoms with E-state index in [1.165, 1.54) is 0 Å². The van der Waals surface area contributed by atoms with Gasteiger partial charge in [-0.05, 0) is 34.9 Å². The first-order valence-corrected chi connectivity index (χ1v) is 10.1. The largest absolute Gasteiger partial charge is 0.271 e. The standard InChI is InChI=1S/C28H22N2O/c31-28(26-19-17-24(18-20-26)23-12-6-2-7-13-23)30-29-27(25-14-8-3-9-15-25)21-16-22-10-4-1-5-11-22/h1-21H,(H,30,31)/b21-16+,29-27?. The number of hydrogen-bond acceptors (Lipinski definition) is 2. The molecule has 0 bridgehead atoms. The number of benzene rings is 4. The van der Waals surface area contributed by atoms with Crippen LogP contribution in [-0.4, -0.2) is 11.6 Å². The predicted octanol–water partition coefficient (Wildman–Crippen LogP) is 6.20. The Labute approximate surface area is 182 Å². The van der Waals surface area contributed by atoms with Crippen LogP contribution in [0.25, 0.3) is 17.2 Å². The highest BCUT2D eigenvalue weighted by molar-refractivity contribution is 6.11. The lowest BCUT2D eigenvalue weighted by Crippen LogP contribution is -2.19. The molecule has 0 fully saturated rings. The predicted molar refractivity (Wildman–Crippen MR) is 128 cm³/mol. The summed E-state index contributed by atoms with van der Waals surface area (Å²) in [5.74, 6) is -0.249. The van der Waals surface area contributed by atoms with E-state index in [4.69, 9.17) is 0 Å². The summed E-state index contributed by atoms with van der Waals surface area (Å²) >= 11 is 0. The average Bonchev–Trinajstić information content (AvgIpc) is 2.86. The fourth-order valence-electron chi connectivity index (χ4n) is 3.17. The number of hydrazone groups is 1. The topological polar surface area (TPSA) is 41.5 Å². The number of carbonyl (C=O) groups is 1. The van der Waals surface area contributed by atoms with Crippen LogP contribution < -0.4 is 5.43 Å². The van der Waals surface area contributed by atoms with Gasteiger partial charge < -0.3 is 0 Å². The summed E-state index contributed by atoms with van der Waals surface area (Å²) in [7, 11) is 0. The molecule has 0 aliphatic heterocycles. The molecular formula is C28H22N2O. The van der Waals surface area contributed by atoms with Crippen molar-refractivity contribution in [3.8, 4) is 11.1 Å². The molecule has 150 valence electrons. The fourth-order valence-corrected chi connectivity index (χ4v) is 3.17. The number of carbonyl (C=O) groups excluding carboxylic acids is 1. The van der Waals surface area contributed by atoms with Gasteiger partial charge in [0.05, 0.1) is 5.71 Å². The Kier molecular flexibility index (Phi) is 6.46. The van der Waals surface area contributed by atoms with E-state index in [0.29, 0.717) is 11.3 Å². The Morgan fingerprint density at radius 3 is 1.81 bits per heavy atom. The van der Waals surface area contributed by atoms with Gasteiger partial charge in [-0.3, -0.25) is 4.79 Å². The van der Waals surface area contributed by atoms with Crippen LogP contribution in [0.15, 0.2) is 126 Å². The molecule has 0 spiro atoms. The van der Waals surface area contributed by atoms with Crippen molar-refractivity contribution in [2.45, 2.75) is 0 Å². The molecule has 0 aromatic heterocycles. The minimum Gasteiger partial charge on any atom is -0.267 e. The van der Waals surface area contributed by atoms with Crippen molar-refractivity contribution in [2.24, 2.45) is 5.10 Å². The summed E-state index contributed by atoms with van der Waals surface area (Å²) in [4.78, 5) is 12.7. The van der Waals surface area contributed by atoms with Gasteiger partial charge in [-0.1, -0.05) is 109 Å². The molecule has 0 aliphatic rings. The number of allylic oxidation sites excluding steroid dienone is 1. The van der Waals surface area contributed by atoms with Crippen LogP contribution in [0.3, 0.4) is 0 Å². The van der Waals surface area contributed by atoms with E-state index in [-0.39, 0.29) is 5.91 Å². The highest BCUT2D eigenvalue weighted by atomic mass is 16.2. The molecular weight excluding hydrogens is 380 g/mol. The van der Waals surface area contributed by atoms with Crippen LogP contribution in [0.2, 0.25) is 0 Å². The monoisotopic (exact) mass is 402 g/mol. The number of rotatable bonds is 6. The third-order valence-electron chi connectivity index (χ3n) is 4.83. The zero-order valence-corrected chi connectivity index (χ0v) is 17.0. The Bertz CT molecular complexity index is 1180. The second kappa shape index (κ2) is 9.99. The van der Waals surface area contributed by atoms with Crippen molar-refractivity contribution in [3.05, 3.63) is 138 Å². The minimum atomic E-state index is -0.249. The van der Waals surface area contributed by atoms with Crippen LogP contribution in [0.5, 0.6) is 0 Å². The number of amides is 1. The van der Waals surface area contributed by atoms with E-state index in [0.717, 1.165) is 22.3 Å². The molecule has 1 amide bonds. The number of nitrogens with one attached hydrogen (secondary N) is 1.